The van der Waals surface area contributed by atoms with E-state index in [1.807, 2.05) is 56.3 Å². The molecule has 1 unspecified atom stereocenters. The van der Waals surface area contributed by atoms with Gasteiger partial charge in [0.05, 0.1) is 11.6 Å². The number of nitrogens with zero attached hydrogens (tertiary/aromatic N) is 4. The molecule has 0 saturated carbocycles. The number of carbonyl (C=O) groups is 1. The Bertz CT molecular complexity index is 964. The number of aryl methyl sites for hydroxylation is 2. The van der Waals surface area contributed by atoms with Gasteiger partial charge in [-0.2, -0.15) is 0 Å². The van der Waals surface area contributed by atoms with Gasteiger partial charge in [-0.1, -0.05) is 30.3 Å². The predicted octanol–water partition coefficient (Wildman–Crippen LogP) is 3.90. The fourth-order valence-corrected chi connectivity index (χ4v) is 4.23. The molecule has 1 saturated heterocycles. The summed E-state index contributed by atoms with van der Waals surface area (Å²) >= 11 is 0. The molecule has 1 atom stereocenters. The van der Waals surface area contributed by atoms with Gasteiger partial charge < -0.3 is 14.0 Å². The molecule has 1 amide bonds. The lowest BCUT2D eigenvalue weighted by Gasteiger charge is -2.19. The fourth-order valence-electron chi connectivity index (χ4n) is 4.23. The molecule has 140 valence electrons. The van der Waals surface area contributed by atoms with Gasteiger partial charge in [-0.25, -0.2) is 4.98 Å². The van der Waals surface area contributed by atoms with Crippen LogP contribution in [0, 0.1) is 20.8 Å². The van der Waals surface area contributed by atoms with Crippen molar-refractivity contribution in [1.82, 2.24) is 19.0 Å². The predicted molar refractivity (Wildman–Crippen MR) is 107 cm³/mol. The van der Waals surface area contributed by atoms with Gasteiger partial charge in [0.15, 0.2) is 0 Å². The van der Waals surface area contributed by atoms with Gasteiger partial charge in [0.25, 0.3) is 5.91 Å². The van der Waals surface area contributed by atoms with E-state index in [-0.39, 0.29) is 5.91 Å². The van der Waals surface area contributed by atoms with Crippen molar-refractivity contribution in [3.05, 3.63) is 65.4 Å². The average Bonchev–Trinajstić information content (AvgIpc) is 3.35. The summed E-state index contributed by atoms with van der Waals surface area (Å²) in [7, 11) is 2.03. The normalized spacial score (nSPS) is 16.9. The van der Waals surface area contributed by atoms with Crippen LogP contribution in [0.2, 0.25) is 0 Å². The Labute approximate surface area is 160 Å². The summed E-state index contributed by atoms with van der Waals surface area (Å²) < 4.78 is 4.38. The third-order valence-electron chi connectivity index (χ3n) is 5.82. The number of aromatic nitrogens is 3. The number of carbonyl (C=O) groups excluding carboxylic acids is 1. The summed E-state index contributed by atoms with van der Waals surface area (Å²) in [6.07, 6.45) is 2.88. The molecular weight excluding hydrogens is 336 g/mol. The molecule has 0 spiro atoms. The van der Waals surface area contributed by atoms with Crippen molar-refractivity contribution < 1.29 is 4.79 Å². The number of rotatable bonds is 3. The van der Waals surface area contributed by atoms with Crippen molar-refractivity contribution in [2.45, 2.75) is 33.2 Å². The zero-order chi connectivity index (χ0) is 19.1. The Morgan fingerprint density at radius 3 is 2.56 bits per heavy atom. The minimum absolute atomic E-state index is 0.128. The van der Waals surface area contributed by atoms with Crippen LogP contribution < -0.4 is 0 Å². The van der Waals surface area contributed by atoms with Gasteiger partial charge in [0, 0.05) is 43.4 Å². The molecule has 5 heteroatoms. The maximum Gasteiger partial charge on any atom is 0.255 e. The van der Waals surface area contributed by atoms with E-state index in [4.69, 9.17) is 0 Å². The molecule has 1 aromatic carbocycles. The van der Waals surface area contributed by atoms with Crippen molar-refractivity contribution in [1.29, 1.82) is 0 Å². The highest BCUT2D eigenvalue weighted by Crippen LogP contribution is 2.29. The van der Waals surface area contributed by atoms with E-state index < -0.39 is 0 Å². The standard InChI is InChI=1S/C22H26N4O/c1-15-13-23-17(3)26(15)19-10-11-25(14-19)22(27)20-12-21(24(4)16(20)2)18-8-6-5-7-9-18/h5-9,12-13,19H,10-11,14H2,1-4H3. The van der Waals surface area contributed by atoms with E-state index >= 15 is 0 Å². The first-order chi connectivity index (χ1) is 13.0. The first kappa shape index (κ1) is 17.6. The molecule has 0 N–H and O–H groups in total. The van der Waals surface area contributed by atoms with Crippen LogP contribution in [0.1, 0.15) is 40.0 Å². The van der Waals surface area contributed by atoms with Crippen molar-refractivity contribution in [2.75, 3.05) is 13.1 Å². The minimum atomic E-state index is 0.128. The first-order valence-corrected chi connectivity index (χ1v) is 9.49. The topological polar surface area (TPSA) is 43.1 Å². The number of hydrogen-bond donors (Lipinski definition) is 0. The number of hydrogen-bond acceptors (Lipinski definition) is 2. The number of likely N-dealkylation sites (tertiary alicyclic amines) is 1. The van der Waals surface area contributed by atoms with E-state index in [9.17, 15) is 4.79 Å². The van der Waals surface area contributed by atoms with Crippen molar-refractivity contribution >= 4 is 5.91 Å². The van der Waals surface area contributed by atoms with Crippen molar-refractivity contribution in [3.63, 3.8) is 0 Å². The van der Waals surface area contributed by atoms with E-state index in [0.717, 1.165) is 53.5 Å². The molecule has 2 aromatic heterocycles. The van der Waals surface area contributed by atoms with Crippen LogP contribution in [0.3, 0.4) is 0 Å². The second kappa shape index (κ2) is 6.72. The van der Waals surface area contributed by atoms with Gasteiger partial charge in [0.2, 0.25) is 0 Å². The number of amides is 1. The lowest BCUT2D eigenvalue weighted by molar-refractivity contribution is 0.0786. The van der Waals surface area contributed by atoms with E-state index in [1.54, 1.807) is 0 Å². The maximum absolute atomic E-state index is 13.2. The molecule has 0 bridgehead atoms. The Kier molecular flexibility index (Phi) is 4.38. The van der Waals surface area contributed by atoms with Gasteiger partial charge in [0.1, 0.15) is 5.82 Å². The molecule has 27 heavy (non-hydrogen) atoms. The van der Waals surface area contributed by atoms with Crippen LogP contribution in [0.15, 0.2) is 42.6 Å². The van der Waals surface area contributed by atoms with Gasteiger partial charge >= 0.3 is 0 Å². The largest absolute Gasteiger partial charge is 0.347 e. The van der Waals surface area contributed by atoms with Gasteiger partial charge in [-0.15, -0.1) is 0 Å². The van der Waals surface area contributed by atoms with Crippen LogP contribution in [0.5, 0.6) is 0 Å². The third-order valence-corrected chi connectivity index (χ3v) is 5.82. The molecule has 4 rings (SSSR count). The highest BCUT2D eigenvalue weighted by Gasteiger charge is 2.31. The monoisotopic (exact) mass is 362 g/mol. The van der Waals surface area contributed by atoms with Crippen molar-refractivity contribution in [2.24, 2.45) is 7.05 Å². The Morgan fingerprint density at radius 2 is 1.89 bits per heavy atom. The minimum Gasteiger partial charge on any atom is -0.347 e. The van der Waals surface area contributed by atoms with Gasteiger partial charge in [-0.3, -0.25) is 4.79 Å². The lowest BCUT2D eigenvalue weighted by atomic mass is 10.1. The Hall–Kier alpha value is -2.82. The summed E-state index contributed by atoms with van der Waals surface area (Å²) in [6.45, 7) is 7.67. The molecule has 5 nitrogen and oxygen atoms in total. The molecule has 3 heterocycles. The zero-order valence-electron chi connectivity index (χ0n) is 16.4. The Morgan fingerprint density at radius 1 is 1.15 bits per heavy atom. The first-order valence-electron chi connectivity index (χ1n) is 9.49. The molecule has 0 aliphatic carbocycles. The van der Waals surface area contributed by atoms with E-state index in [2.05, 4.69) is 33.2 Å². The van der Waals surface area contributed by atoms with Crippen LogP contribution in [-0.4, -0.2) is 38.0 Å². The van der Waals surface area contributed by atoms with Crippen molar-refractivity contribution in [3.8, 4) is 11.3 Å². The molecule has 1 aliphatic rings. The Balaban J connectivity index is 1.59. The number of benzene rings is 1. The van der Waals surface area contributed by atoms with Crippen LogP contribution in [0.4, 0.5) is 0 Å². The highest BCUT2D eigenvalue weighted by atomic mass is 16.2. The molecule has 3 aromatic rings. The summed E-state index contributed by atoms with van der Waals surface area (Å²) in [6, 6.07) is 12.6. The average molecular weight is 362 g/mol. The molecule has 1 fully saturated rings. The van der Waals surface area contributed by atoms with Crippen LogP contribution >= 0.6 is 0 Å². The quantitative estimate of drug-likeness (QED) is 0.709. The molecule has 0 radical (unpaired) electrons. The smallest absolute Gasteiger partial charge is 0.255 e. The second-order valence-electron chi connectivity index (χ2n) is 7.46. The summed E-state index contributed by atoms with van der Waals surface area (Å²) in [5, 5.41) is 0. The zero-order valence-corrected chi connectivity index (χ0v) is 16.4. The second-order valence-corrected chi connectivity index (χ2v) is 7.46. The third kappa shape index (κ3) is 2.97. The fraction of sp³-hybridized carbons (Fsp3) is 0.364. The van der Waals surface area contributed by atoms with E-state index in [1.165, 1.54) is 0 Å². The van der Waals surface area contributed by atoms with Gasteiger partial charge in [-0.05, 0) is 38.8 Å². The SMILES string of the molecule is Cc1c(C(=O)N2CCC(n3c(C)cnc3C)C2)cc(-c2ccccc2)n1C. The van der Waals surface area contributed by atoms with Crippen LogP contribution in [-0.2, 0) is 7.05 Å². The molecule has 1 aliphatic heterocycles. The molecular formula is C22H26N4O. The maximum atomic E-state index is 13.2. The highest BCUT2D eigenvalue weighted by molar-refractivity contribution is 5.97. The lowest BCUT2D eigenvalue weighted by Crippen LogP contribution is -2.29. The van der Waals surface area contributed by atoms with Crippen LogP contribution in [0.25, 0.3) is 11.3 Å². The van der Waals surface area contributed by atoms with E-state index in [0.29, 0.717) is 6.04 Å². The summed E-state index contributed by atoms with van der Waals surface area (Å²) in [5.41, 5.74) is 5.18. The number of imidazole rings is 1. The summed E-state index contributed by atoms with van der Waals surface area (Å²) in [4.78, 5) is 19.6. The summed E-state index contributed by atoms with van der Waals surface area (Å²) in [5.74, 6) is 1.15.